The summed E-state index contributed by atoms with van der Waals surface area (Å²) in [4.78, 5) is 4.36. The average Bonchev–Trinajstić information content (AvgIpc) is 2.31. The molecule has 1 aromatic heterocycles. The molecule has 0 unspecified atom stereocenters. The molecule has 0 aliphatic heterocycles. The largest absolute Gasteiger partial charge is 0.475 e. The second-order valence-corrected chi connectivity index (χ2v) is 5.10. The fourth-order valence-corrected chi connectivity index (χ4v) is 1.34. The van der Waals surface area contributed by atoms with Gasteiger partial charge in [-0.1, -0.05) is 13.0 Å². The second kappa shape index (κ2) is 7.21. The van der Waals surface area contributed by atoms with E-state index < -0.39 is 0 Å². The fourth-order valence-electron chi connectivity index (χ4n) is 1.34. The van der Waals surface area contributed by atoms with Crippen LogP contribution in [-0.4, -0.2) is 30.3 Å². The smallest absolute Gasteiger partial charge is 0.215 e. The number of nitrogens with one attached hydrogen (secondary N) is 1. The van der Waals surface area contributed by atoms with Crippen molar-refractivity contribution in [2.24, 2.45) is 0 Å². The zero-order chi connectivity index (χ0) is 13.4. The summed E-state index contributed by atoms with van der Waals surface area (Å²) in [6.07, 6.45) is 1.08. The zero-order valence-electron chi connectivity index (χ0n) is 11.8. The van der Waals surface area contributed by atoms with Gasteiger partial charge in [0.15, 0.2) is 0 Å². The molecule has 4 nitrogen and oxygen atoms in total. The Bertz CT molecular complexity index is 348. The average molecular weight is 252 g/mol. The summed E-state index contributed by atoms with van der Waals surface area (Å²) in [6, 6.07) is 5.73. The molecule has 0 bridgehead atoms. The van der Waals surface area contributed by atoms with Crippen molar-refractivity contribution in [2.45, 2.75) is 39.7 Å². The number of ether oxygens (including phenoxy) is 2. The number of nitrogens with zero attached hydrogens (tertiary/aromatic N) is 1. The molecule has 0 saturated heterocycles. The van der Waals surface area contributed by atoms with Crippen LogP contribution in [0.4, 0.5) is 5.82 Å². The molecule has 1 aromatic rings. The first-order valence-electron chi connectivity index (χ1n) is 6.49. The lowest BCUT2D eigenvalue weighted by Crippen LogP contribution is -2.22. The first-order chi connectivity index (χ1) is 8.51. The van der Waals surface area contributed by atoms with Gasteiger partial charge in [0, 0.05) is 12.6 Å². The predicted octanol–water partition coefficient (Wildman–Crippen LogP) is 3.10. The van der Waals surface area contributed by atoms with E-state index in [0.717, 1.165) is 18.8 Å². The summed E-state index contributed by atoms with van der Waals surface area (Å²) in [5.74, 6) is 1.49. The first-order valence-corrected chi connectivity index (χ1v) is 6.49. The van der Waals surface area contributed by atoms with Gasteiger partial charge in [0.25, 0.3) is 0 Å². The van der Waals surface area contributed by atoms with E-state index in [0.29, 0.717) is 19.1 Å². The van der Waals surface area contributed by atoms with E-state index in [1.54, 1.807) is 0 Å². The van der Waals surface area contributed by atoms with Gasteiger partial charge < -0.3 is 14.8 Å². The standard InChI is InChI=1S/C14H24N2O2/c1-5-9-15-12-7-6-8-13(16-12)17-10-11-18-14(2,3)4/h6-8H,5,9-11H2,1-4H3,(H,15,16). The molecule has 1 heterocycles. The normalized spacial score (nSPS) is 11.3. The molecule has 1 rings (SSSR count). The zero-order valence-corrected chi connectivity index (χ0v) is 11.8. The Hall–Kier alpha value is -1.29. The Kier molecular flexibility index (Phi) is 5.92. The van der Waals surface area contributed by atoms with Crippen molar-refractivity contribution in [3.63, 3.8) is 0 Å². The quantitative estimate of drug-likeness (QED) is 0.757. The molecule has 0 aromatic carbocycles. The highest BCUT2D eigenvalue weighted by Gasteiger charge is 2.09. The third kappa shape index (κ3) is 6.45. The van der Waals surface area contributed by atoms with Crippen molar-refractivity contribution in [1.29, 1.82) is 0 Å². The Morgan fingerprint density at radius 2 is 2.00 bits per heavy atom. The van der Waals surface area contributed by atoms with E-state index in [-0.39, 0.29) is 5.60 Å². The van der Waals surface area contributed by atoms with E-state index in [9.17, 15) is 0 Å². The highest BCUT2D eigenvalue weighted by atomic mass is 16.5. The van der Waals surface area contributed by atoms with Crippen LogP contribution in [0, 0.1) is 0 Å². The van der Waals surface area contributed by atoms with Gasteiger partial charge in [0.2, 0.25) is 5.88 Å². The number of aromatic nitrogens is 1. The number of hydrogen-bond donors (Lipinski definition) is 1. The fraction of sp³-hybridized carbons (Fsp3) is 0.643. The Balaban J connectivity index is 2.33. The molecule has 0 aliphatic rings. The minimum atomic E-state index is -0.124. The number of rotatable bonds is 7. The van der Waals surface area contributed by atoms with Crippen LogP contribution in [-0.2, 0) is 4.74 Å². The molecule has 0 amide bonds. The van der Waals surface area contributed by atoms with Crippen molar-refractivity contribution in [1.82, 2.24) is 4.98 Å². The lowest BCUT2D eigenvalue weighted by molar-refractivity contribution is -0.0167. The van der Waals surface area contributed by atoms with Gasteiger partial charge in [-0.2, -0.15) is 4.98 Å². The third-order valence-corrected chi connectivity index (χ3v) is 2.15. The topological polar surface area (TPSA) is 43.4 Å². The van der Waals surface area contributed by atoms with Crippen LogP contribution in [0.5, 0.6) is 5.88 Å². The molecule has 18 heavy (non-hydrogen) atoms. The molecule has 4 heteroatoms. The summed E-state index contributed by atoms with van der Waals surface area (Å²) in [5, 5.41) is 3.23. The maximum absolute atomic E-state index is 5.58. The van der Waals surface area contributed by atoms with E-state index in [4.69, 9.17) is 9.47 Å². The predicted molar refractivity (Wildman–Crippen MR) is 74.2 cm³/mol. The number of hydrogen-bond acceptors (Lipinski definition) is 4. The minimum absolute atomic E-state index is 0.124. The van der Waals surface area contributed by atoms with Crippen LogP contribution in [0.1, 0.15) is 34.1 Å². The molecule has 1 N–H and O–H groups in total. The van der Waals surface area contributed by atoms with Gasteiger partial charge >= 0.3 is 0 Å². The number of anilines is 1. The maximum atomic E-state index is 5.58. The van der Waals surface area contributed by atoms with Gasteiger partial charge in [-0.05, 0) is 33.3 Å². The number of pyridine rings is 1. The Labute approximate surface area is 110 Å². The molecular formula is C14H24N2O2. The highest BCUT2D eigenvalue weighted by molar-refractivity contribution is 5.36. The van der Waals surface area contributed by atoms with Gasteiger partial charge in [-0.3, -0.25) is 0 Å². The molecule has 0 radical (unpaired) electrons. The SMILES string of the molecule is CCCNc1cccc(OCCOC(C)(C)C)n1. The van der Waals surface area contributed by atoms with Crippen LogP contribution >= 0.6 is 0 Å². The van der Waals surface area contributed by atoms with Crippen LogP contribution in [0.3, 0.4) is 0 Å². The maximum Gasteiger partial charge on any atom is 0.215 e. The molecule has 0 aliphatic carbocycles. The monoisotopic (exact) mass is 252 g/mol. The summed E-state index contributed by atoms with van der Waals surface area (Å²) < 4.78 is 11.1. The van der Waals surface area contributed by atoms with Gasteiger partial charge in [-0.25, -0.2) is 0 Å². The Morgan fingerprint density at radius 1 is 1.22 bits per heavy atom. The summed E-state index contributed by atoms with van der Waals surface area (Å²) in [5.41, 5.74) is -0.124. The molecule has 0 fully saturated rings. The summed E-state index contributed by atoms with van der Waals surface area (Å²) in [6.45, 7) is 10.2. The van der Waals surface area contributed by atoms with Crippen LogP contribution in [0.2, 0.25) is 0 Å². The summed E-state index contributed by atoms with van der Waals surface area (Å²) >= 11 is 0. The third-order valence-electron chi connectivity index (χ3n) is 2.15. The molecule has 0 atom stereocenters. The summed E-state index contributed by atoms with van der Waals surface area (Å²) in [7, 11) is 0. The second-order valence-electron chi connectivity index (χ2n) is 5.10. The lowest BCUT2D eigenvalue weighted by Gasteiger charge is -2.19. The van der Waals surface area contributed by atoms with Crippen LogP contribution in [0.15, 0.2) is 18.2 Å². The van der Waals surface area contributed by atoms with Crippen molar-refractivity contribution in [2.75, 3.05) is 25.1 Å². The van der Waals surface area contributed by atoms with Gasteiger partial charge in [-0.15, -0.1) is 0 Å². The Morgan fingerprint density at radius 3 is 2.67 bits per heavy atom. The van der Waals surface area contributed by atoms with Crippen LogP contribution < -0.4 is 10.1 Å². The van der Waals surface area contributed by atoms with E-state index in [1.165, 1.54) is 0 Å². The molecule has 102 valence electrons. The molecule has 0 spiro atoms. The molecular weight excluding hydrogens is 228 g/mol. The van der Waals surface area contributed by atoms with E-state index in [1.807, 2.05) is 39.0 Å². The highest BCUT2D eigenvalue weighted by Crippen LogP contribution is 2.12. The molecule has 0 saturated carbocycles. The van der Waals surface area contributed by atoms with Crippen molar-refractivity contribution in [3.05, 3.63) is 18.2 Å². The van der Waals surface area contributed by atoms with Crippen molar-refractivity contribution >= 4 is 5.82 Å². The van der Waals surface area contributed by atoms with Crippen LogP contribution in [0.25, 0.3) is 0 Å². The van der Waals surface area contributed by atoms with Crippen molar-refractivity contribution in [3.8, 4) is 5.88 Å². The first kappa shape index (κ1) is 14.8. The van der Waals surface area contributed by atoms with E-state index in [2.05, 4.69) is 17.2 Å². The van der Waals surface area contributed by atoms with Crippen molar-refractivity contribution < 1.29 is 9.47 Å². The minimum Gasteiger partial charge on any atom is -0.475 e. The lowest BCUT2D eigenvalue weighted by atomic mass is 10.2. The van der Waals surface area contributed by atoms with E-state index >= 15 is 0 Å². The van der Waals surface area contributed by atoms with Gasteiger partial charge in [0.05, 0.1) is 12.2 Å². The van der Waals surface area contributed by atoms with Gasteiger partial charge in [0.1, 0.15) is 12.4 Å².